The molecule has 0 aliphatic carbocycles. The molecule has 0 radical (unpaired) electrons. The van der Waals surface area contributed by atoms with Crippen LogP contribution in [0.25, 0.3) is 6.08 Å². The SMILES string of the molecule is CC(C)S(=O)(=O)CC1=Cc2ccc(F)cc2S1(=O)=O. The zero-order valence-electron chi connectivity index (χ0n) is 10.4. The fourth-order valence-corrected chi connectivity index (χ4v) is 4.93. The van der Waals surface area contributed by atoms with E-state index in [-0.39, 0.29) is 9.80 Å². The molecule has 1 aliphatic heterocycles. The van der Waals surface area contributed by atoms with Crippen LogP contribution in [0.4, 0.5) is 4.39 Å². The van der Waals surface area contributed by atoms with Crippen LogP contribution in [-0.4, -0.2) is 27.8 Å². The van der Waals surface area contributed by atoms with Gasteiger partial charge in [-0.15, -0.1) is 0 Å². The maximum absolute atomic E-state index is 13.1. The summed E-state index contributed by atoms with van der Waals surface area (Å²) in [6, 6.07) is 3.39. The van der Waals surface area contributed by atoms with Gasteiger partial charge in [-0.1, -0.05) is 6.07 Å². The molecule has 0 amide bonds. The minimum atomic E-state index is -3.89. The van der Waals surface area contributed by atoms with Gasteiger partial charge in [-0.3, -0.25) is 0 Å². The molecule has 0 spiro atoms. The molecular weight excluding hydrogens is 291 g/mol. The molecule has 1 aromatic carbocycles. The maximum Gasteiger partial charge on any atom is 0.204 e. The summed E-state index contributed by atoms with van der Waals surface area (Å²) in [6.07, 6.45) is 1.30. The summed E-state index contributed by atoms with van der Waals surface area (Å²) in [5, 5.41) is -0.663. The zero-order valence-corrected chi connectivity index (χ0v) is 12.1. The molecule has 0 saturated carbocycles. The van der Waals surface area contributed by atoms with Crippen molar-refractivity contribution in [3.63, 3.8) is 0 Å². The molecule has 7 heteroatoms. The third kappa shape index (κ3) is 2.44. The highest BCUT2D eigenvalue weighted by molar-refractivity contribution is 7.98. The van der Waals surface area contributed by atoms with Gasteiger partial charge >= 0.3 is 0 Å². The summed E-state index contributed by atoms with van der Waals surface area (Å²) >= 11 is 0. The monoisotopic (exact) mass is 304 g/mol. The first-order chi connectivity index (χ1) is 8.64. The van der Waals surface area contributed by atoms with E-state index in [2.05, 4.69) is 0 Å². The van der Waals surface area contributed by atoms with Crippen molar-refractivity contribution >= 4 is 25.8 Å². The van der Waals surface area contributed by atoms with Crippen LogP contribution in [-0.2, 0) is 19.7 Å². The Kier molecular flexibility index (Phi) is 3.30. The van der Waals surface area contributed by atoms with E-state index in [1.54, 1.807) is 0 Å². The Hall–Kier alpha value is -1.21. The number of hydrogen-bond acceptors (Lipinski definition) is 4. The third-order valence-electron chi connectivity index (χ3n) is 2.99. The highest BCUT2D eigenvalue weighted by Crippen LogP contribution is 2.34. The Balaban J connectivity index is 2.49. The summed E-state index contributed by atoms with van der Waals surface area (Å²) in [6.45, 7) is 2.98. The second kappa shape index (κ2) is 4.42. The van der Waals surface area contributed by atoms with Crippen molar-refractivity contribution in [2.45, 2.75) is 24.0 Å². The molecule has 19 heavy (non-hydrogen) atoms. The largest absolute Gasteiger partial charge is 0.228 e. The predicted octanol–water partition coefficient (Wildman–Crippen LogP) is 1.78. The van der Waals surface area contributed by atoms with E-state index in [0.717, 1.165) is 12.1 Å². The number of rotatable bonds is 3. The van der Waals surface area contributed by atoms with Gasteiger partial charge in [-0.2, -0.15) is 0 Å². The van der Waals surface area contributed by atoms with Crippen LogP contribution in [0.2, 0.25) is 0 Å². The minimum absolute atomic E-state index is 0.165. The van der Waals surface area contributed by atoms with Crippen LogP contribution in [0.15, 0.2) is 28.0 Å². The van der Waals surface area contributed by atoms with Crippen molar-refractivity contribution in [1.29, 1.82) is 0 Å². The molecule has 0 aromatic heterocycles. The summed E-state index contributed by atoms with van der Waals surface area (Å²) in [5.41, 5.74) is 0.329. The van der Waals surface area contributed by atoms with Crippen molar-refractivity contribution in [2.24, 2.45) is 0 Å². The lowest BCUT2D eigenvalue weighted by atomic mass is 10.2. The van der Waals surface area contributed by atoms with Gasteiger partial charge in [-0.05, 0) is 37.6 Å². The normalized spacial score (nSPS) is 17.4. The van der Waals surface area contributed by atoms with E-state index in [9.17, 15) is 21.2 Å². The van der Waals surface area contributed by atoms with Gasteiger partial charge in [0.2, 0.25) is 9.84 Å². The first kappa shape index (κ1) is 14.2. The topological polar surface area (TPSA) is 68.3 Å². The summed E-state index contributed by atoms with van der Waals surface area (Å²) in [4.78, 5) is -0.358. The number of halogens is 1. The third-order valence-corrected chi connectivity index (χ3v) is 7.21. The van der Waals surface area contributed by atoms with E-state index in [1.165, 1.54) is 26.0 Å². The lowest BCUT2D eigenvalue weighted by molar-refractivity contribution is 0.586. The lowest BCUT2D eigenvalue weighted by Crippen LogP contribution is -2.21. The summed E-state index contributed by atoms with van der Waals surface area (Å²) < 4.78 is 61.0. The minimum Gasteiger partial charge on any atom is -0.228 e. The molecule has 4 nitrogen and oxygen atoms in total. The van der Waals surface area contributed by atoms with E-state index in [0.29, 0.717) is 5.56 Å². The van der Waals surface area contributed by atoms with Crippen molar-refractivity contribution in [2.75, 3.05) is 5.75 Å². The van der Waals surface area contributed by atoms with E-state index < -0.39 is 36.5 Å². The molecule has 0 unspecified atom stereocenters. The molecule has 1 aliphatic rings. The number of benzene rings is 1. The Bertz CT molecular complexity index is 759. The van der Waals surface area contributed by atoms with E-state index in [4.69, 9.17) is 0 Å². The Morgan fingerprint density at radius 2 is 1.89 bits per heavy atom. The molecule has 0 bridgehead atoms. The standard InChI is InChI=1S/C12H13FO4S2/c1-8(2)18(14,15)7-11-5-9-3-4-10(13)6-12(9)19(11,16)17/h3-6,8H,7H2,1-2H3. The van der Waals surface area contributed by atoms with Crippen LogP contribution < -0.4 is 0 Å². The fourth-order valence-electron chi connectivity index (χ4n) is 1.74. The molecule has 0 atom stereocenters. The Morgan fingerprint density at radius 3 is 2.47 bits per heavy atom. The van der Waals surface area contributed by atoms with Gasteiger partial charge in [0, 0.05) is 0 Å². The second-order valence-corrected chi connectivity index (χ2v) is 9.18. The van der Waals surface area contributed by atoms with Gasteiger partial charge in [0.25, 0.3) is 0 Å². The fraction of sp³-hybridized carbons (Fsp3) is 0.333. The first-order valence-corrected chi connectivity index (χ1v) is 8.81. The van der Waals surface area contributed by atoms with Gasteiger partial charge in [0.05, 0.1) is 20.8 Å². The highest BCUT2D eigenvalue weighted by Gasteiger charge is 2.33. The second-order valence-electron chi connectivity index (χ2n) is 4.65. The van der Waals surface area contributed by atoms with Crippen molar-refractivity contribution in [1.82, 2.24) is 0 Å². The maximum atomic E-state index is 13.1. The molecule has 1 aromatic rings. The van der Waals surface area contributed by atoms with Gasteiger partial charge in [0.15, 0.2) is 9.84 Å². The van der Waals surface area contributed by atoms with Crippen LogP contribution >= 0.6 is 0 Å². The summed E-state index contributed by atoms with van der Waals surface area (Å²) in [7, 11) is -7.42. The van der Waals surface area contributed by atoms with Gasteiger partial charge in [0.1, 0.15) is 5.82 Å². The van der Waals surface area contributed by atoms with Crippen LogP contribution in [0.3, 0.4) is 0 Å². The quantitative estimate of drug-likeness (QED) is 0.853. The zero-order chi connectivity index (χ0) is 14.4. The van der Waals surface area contributed by atoms with Crippen LogP contribution in [0.1, 0.15) is 19.4 Å². The van der Waals surface area contributed by atoms with Crippen molar-refractivity contribution < 1.29 is 21.2 Å². The Labute approximate surface area is 111 Å². The average Bonchev–Trinajstić information content (AvgIpc) is 2.51. The molecule has 0 N–H and O–H groups in total. The van der Waals surface area contributed by atoms with Crippen molar-refractivity contribution in [3.05, 3.63) is 34.5 Å². The summed E-state index contributed by atoms with van der Waals surface area (Å²) in [5.74, 6) is -1.22. The molecule has 104 valence electrons. The first-order valence-electron chi connectivity index (χ1n) is 5.61. The molecule has 0 fully saturated rings. The molecule has 1 heterocycles. The van der Waals surface area contributed by atoms with E-state index >= 15 is 0 Å². The van der Waals surface area contributed by atoms with Gasteiger partial charge < -0.3 is 0 Å². The van der Waals surface area contributed by atoms with Crippen LogP contribution in [0.5, 0.6) is 0 Å². The number of sulfone groups is 2. The molecule has 0 saturated heterocycles. The predicted molar refractivity (Wildman–Crippen MR) is 70.5 cm³/mol. The van der Waals surface area contributed by atoms with Crippen molar-refractivity contribution in [3.8, 4) is 0 Å². The molecule has 2 rings (SSSR count). The van der Waals surface area contributed by atoms with Crippen LogP contribution in [0, 0.1) is 5.82 Å². The average molecular weight is 304 g/mol. The molecular formula is C12H13FO4S2. The lowest BCUT2D eigenvalue weighted by Gasteiger charge is -2.08. The number of hydrogen-bond donors (Lipinski definition) is 0. The number of fused-ring (bicyclic) bond motifs is 1. The van der Waals surface area contributed by atoms with Gasteiger partial charge in [-0.25, -0.2) is 21.2 Å². The van der Waals surface area contributed by atoms with E-state index in [1.807, 2.05) is 0 Å². The Morgan fingerprint density at radius 1 is 1.26 bits per heavy atom. The smallest absolute Gasteiger partial charge is 0.204 e. The highest BCUT2D eigenvalue weighted by atomic mass is 32.2.